The third-order valence-electron chi connectivity index (χ3n) is 2.65. The van der Waals surface area contributed by atoms with Gasteiger partial charge in [-0.3, -0.25) is 0 Å². The minimum Gasteiger partial charge on any atom is -0.396 e. The van der Waals surface area contributed by atoms with Crippen molar-refractivity contribution in [2.45, 2.75) is 24.7 Å². The van der Waals surface area contributed by atoms with Gasteiger partial charge in [-0.15, -0.1) is 0 Å². The summed E-state index contributed by atoms with van der Waals surface area (Å²) in [4.78, 5) is 0. The lowest BCUT2D eigenvalue weighted by Crippen LogP contribution is -1.99. The summed E-state index contributed by atoms with van der Waals surface area (Å²) in [5, 5.41) is 8.97. The molecule has 1 fully saturated rings. The van der Waals surface area contributed by atoms with Gasteiger partial charge in [-0.05, 0) is 36.8 Å². The highest BCUT2D eigenvalue weighted by atomic mass is 16.3. The van der Waals surface area contributed by atoms with E-state index in [9.17, 15) is 0 Å². The van der Waals surface area contributed by atoms with Crippen LogP contribution in [0.4, 0.5) is 0 Å². The minimum absolute atomic E-state index is 0.0266. The van der Waals surface area contributed by atoms with Crippen LogP contribution in [0.1, 0.15) is 35.8 Å². The molecule has 0 amide bonds. The van der Waals surface area contributed by atoms with Crippen LogP contribution in [0.2, 0.25) is 0 Å². The second kappa shape index (κ2) is 3.51. The topological polar surface area (TPSA) is 20.2 Å². The monoisotopic (exact) mass is 175 g/mol. The molecule has 0 aliphatic heterocycles. The van der Waals surface area contributed by atoms with E-state index in [-0.39, 0.29) is 12.5 Å². The average molecular weight is 175 g/mol. The summed E-state index contributed by atoms with van der Waals surface area (Å²) in [6, 6.07) is 8.47. The first-order valence-electron chi connectivity index (χ1n) is 4.85. The Hall–Kier alpha value is -0.820. The van der Waals surface area contributed by atoms with Gasteiger partial charge in [0.2, 0.25) is 0 Å². The summed E-state index contributed by atoms with van der Waals surface area (Å²) >= 11 is 0. The highest BCUT2D eigenvalue weighted by Crippen LogP contribution is 2.40. The molecule has 1 unspecified atom stereocenters. The van der Waals surface area contributed by atoms with E-state index in [1.807, 2.05) is 6.07 Å². The van der Waals surface area contributed by atoms with Gasteiger partial charge in [-0.25, -0.2) is 0 Å². The number of aliphatic hydroxyl groups is 1. The number of hydrogen-bond donors (Lipinski definition) is 1. The second-order valence-corrected chi connectivity index (χ2v) is 3.82. The first-order valence-corrected chi connectivity index (χ1v) is 4.85. The van der Waals surface area contributed by atoms with Gasteiger partial charge >= 0.3 is 0 Å². The van der Waals surface area contributed by atoms with Crippen molar-refractivity contribution < 1.29 is 5.11 Å². The van der Waals surface area contributed by atoms with Crippen molar-refractivity contribution in [3.8, 4) is 0 Å². The maximum Gasteiger partial charge on any atom is 0.0499 e. The molecule has 69 valence electrons. The molecule has 1 aromatic rings. The summed E-state index contributed by atoms with van der Waals surface area (Å²) in [6.45, 7) is 4.03. The molecule has 1 radical (unpaired) electrons. The van der Waals surface area contributed by atoms with Crippen LogP contribution in [-0.4, -0.2) is 11.7 Å². The van der Waals surface area contributed by atoms with Gasteiger partial charge in [0.25, 0.3) is 0 Å². The van der Waals surface area contributed by atoms with Gasteiger partial charge in [0.1, 0.15) is 0 Å². The summed E-state index contributed by atoms with van der Waals surface area (Å²) in [7, 11) is 0. The fourth-order valence-electron chi connectivity index (χ4n) is 1.59. The standard InChI is InChI=1S/C12H15O/c1-9(8-13)11-3-2-4-12(7-11)10-5-6-10/h2-4,7,9-10,13H,1,5-6,8H2. The summed E-state index contributed by atoms with van der Waals surface area (Å²) < 4.78 is 0. The predicted octanol–water partition coefficient (Wildman–Crippen LogP) is 2.47. The van der Waals surface area contributed by atoms with Crippen molar-refractivity contribution in [1.82, 2.24) is 0 Å². The van der Waals surface area contributed by atoms with Crippen molar-refractivity contribution in [3.63, 3.8) is 0 Å². The Labute approximate surface area is 79.4 Å². The molecule has 2 rings (SSSR count). The molecule has 1 nitrogen and oxygen atoms in total. The van der Waals surface area contributed by atoms with Gasteiger partial charge in [0.05, 0.1) is 0 Å². The Morgan fingerprint density at radius 2 is 2.23 bits per heavy atom. The van der Waals surface area contributed by atoms with Crippen molar-refractivity contribution in [2.75, 3.05) is 6.61 Å². The average Bonchev–Trinajstić information content (AvgIpc) is 3.00. The minimum atomic E-state index is 0.0266. The van der Waals surface area contributed by atoms with Gasteiger partial charge in [0, 0.05) is 12.5 Å². The van der Waals surface area contributed by atoms with E-state index >= 15 is 0 Å². The van der Waals surface area contributed by atoms with E-state index < -0.39 is 0 Å². The SMILES string of the molecule is [CH2]C(CO)c1cccc(C2CC2)c1. The molecule has 1 saturated carbocycles. The zero-order valence-corrected chi connectivity index (χ0v) is 7.74. The molecular formula is C12H15O. The van der Waals surface area contributed by atoms with Gasteiger partial charge in [-0.2, -0.15) is 0 Å². The fourth-order valence-corrected chi connectivity index (χ4v) is 1.59. The van der Waals surface area contributed by atoms with E-state index in [2.05, 4.69) is 25.1 Å². The highest BCUT2D eigenvalue weighted by molar-refractivity contribution is 5.31. The lowest BCUT2D eigenvalue weighted by atomic mass is 9.98. The lowest BCUT2D eigenvalue weighted by Gasteiger charge is -2.09. The molecule has 1 heteroatoms. The van der Waals surface area contributed by atoms with Gasteiger partial charge in [0.15, 0.2) is 0 Å². The zero-order valence-electron chi connectivity index (χ0n) is 7.74. The Morgan fingerprint density at radius 3 is 2.85 bits per heavy atom. The molecule has 0 heterocycles. The van der Waals surface area contributed by atoms with Crippen LogP contribution < -0.4 is 0 Å². The first kappa shape index (κ1) is 8.76. The third-order valence-corrected chi connectivity index (χ3v) is 2.65. The lowest BCUT2D eigenvalue weighted by molar-refractivity contribution is 0.282. The molecule has 0 saturated heterocycles. The van der Waals surface area contributed by atoms with Crippen molar-refractivity contribution in [2.24, 2.45) is 0 Å². The Bertz CT molecular complexity index is 289. The largest absolute Gasteiger partial charge is 0.396 e. The normalized spacial score (nSPS) is 18.6. The number of aliphatic hydroxyl groups excluding tert-OH is 1. The van der Waals surface area contributed by atoms with E-state index in [1.165, 1.54) is 18.4 Å². The fraction of sp³-hybridized carbons (Fsp3) is 0.417. The zero-order chi connectivity index (χ0) is 9.26. The summed E-state index contributed by atoms with van der Waals surface area (Å²) in [5.41, 5.74) is 2.58. The van der Waals surface area contributed by atoms with Crippen LogP contribution in [0.3, 0.4) is 0 Å². The summed E-state index contributed by atoms with van der Waals surface area (Å²) in [5.74, 6) is 0.810. The van der Waals surface area contributed by atoms with E-state index in [1.54, 1.807) is 0 Å². The Morgan fingerprint density at radius 1 is 1.46 bits per heavy atom. The third kappa shape index (κ3) is 1.92. The van der Waals surface area contributed by atoms with E-state index in [0.29, 0.717) is 0 Å². The molecule has 1 aromatic carbocycles. The maximum atomic E-state index is 8.97. The van der Waals surface area contributed by atoms with Crippen LogP contribution in [0.25, 0.3) is 0 Å². The molecule has 1 aliphatic carbocycles. The Balaban J connectivity index is 2.21. The van der Waals surface area contributed by atoms with Crippen molar-refractivity contribution in [3.05, 3.63) is 42.3 Å². The molecule has 1 N–H and O–H groups in total. The maximum absolute atomic E-state index is 8.97. The molecule has 0 aromatic heterocycles. The molecule has 0 bridgehead atoms. The van der Waals surface area contributed by atoms with Crippen LogP contribution in [0.15, 0.2) is 24.3 Å². The number of hydrogen-bond acceptors (Lipinski definition) is 1. The molecule has 0 spiro atoms. The van der Waals surface area contributed by atoms with Crippen molar-refractivity contribution in [1.29, 1.82) is 0 Å². The van der Waals surface area contributed by atoms with Gasteiger partial charge in [-0.1, -0.05) is 24.3 Å². The number of benzene rings is 1. The smallest absolute Gasteiger partial charge is 0.0499 e. The Kier molecular flexibility index (Phi) is 2.36. The summed E-state index contributed by atoms with van der Waals surface area (Å²) in [6.07, 6.45) is 2.65. The molecule has 1 atom stereocenters. The predicted molar refractivity (Wildman–Crippen MR) is 53.6 cm³/mol. The molecule has 13 heavy (non-hydrogen) atoms. The van der Waals surface area contributed by atoms with E-state index in [0.717, 1.165) is 11.5 Å². The van der Waals surface area contributed by atoms with Crippen LogP contribution in [-0.2, 0) is 0 Å². The van der Waals surface area contributed by atoms with Crippen LogP contribution >= 0.6 is 0 Å². The first-order chi connectivity index (χ1) is 6.31. The van der Waals surface area contributed by atoms with Crippen LogP contribution in [0, 0.1) is 6.92 Å². The molecular weight excluding hydrogens is 160 g/mol. The quantitative estimate of drug-likeness (QED) is 0.748. The van der Waals surface area contributed by atoms with Crippen molar-refractivity contribution >= 4 is 0 Å². The molecule has 1 aliphatic rings. The second-order valence-electron chi connectivity index (χ2n) is 3.82. The van der Waals surface area contributed by atoms with Gasteiger partial charge < -0.3 is 5.11 Å². The van der Waals surface area contributed by atoms with E-state index in [4.69, 9.17) is 5.11 Å². The van der Waals surface area contributed by atoms with Crippen LogP contribution in [0.5, 0.6) is 0 Å². The highest BCUT2D eigenvalue weighted by Gasteiger charge is 2.23. The number of rotatable bonds is 3.